The zero-order chi connectivity index (χ0) is 13.8. The van der Waals surface area contributed by atoms with Gasteiger partial charge < -0.3 is 5.32 Å². The molecule has 0 aliphatic carbocycles. The molecule has 1 amide bonds. The normalized spacial score (nSPS) is 10.3. The maximum absolute atomic E-state index is 12.0. The Morgan fingerprint density at radius 2 is 1.74 bits per heavy atom. The molecule has 1 aromatic carbocycles. The molecular formula is C13H11Cl2N3O. The lowest BCUT2D eigenvalue weighted by Crippen LogP contribution is -2.13. The Labute approximate surface area is 120 Å². The van der Waals surface area contributed by atoms with Crippen LogP contribution < -0.4 is 5.32 Å². The fourth-order valence-corrected chi connectivity index (χ4v) is 1.93. The minimum Gasteiger partial charge on any atom is -0.317 e. The number of aromatic nitrogens is 2. The van der Waals surface area contributed by atoms with Gasteiger partial charge in [-0.05, 0) is 24.1 Å². The van der Waals surface area contributed by atoms with Gasteiger partial charge in [-0.15, -0.1) is 0 Å². The third-order valence-corrected chi connectivity index (χ3v) is 3.19. The van der Waals surface area contributed by atoms with E-state index >= 15 is 0 Å². The fraction of sp³-hybridized carbons (Fsp3) is 0.154. The Balaban J connectivity index is 2.20. The average Bonchev–Trinajstić information content (AvgIpc) is 2.43. The second-order valence-corrected chi connectivity index (χ2v) is 4.55. The molecule has 0 saturated carbocycles. The first-order valence-corrected chi connectivity index (χ1v) is 6.43. The van der Waals surface area contributed by atoms with Crippen LogP contribution in [0.15, 0.2) is 30.6 Å². The SMILES string of the molecule is CCc1ccc(C(=O)Nc2c(Cl)ncnc2Cl)cc1. The number of rotatable bonds is 3. The second kappa shape index (κ2) is 5.99. The van der Waals surface area contributed by atoms with Crippen LogP contribution in [0.2, 0.25) is 10.3 Å². The molecule has 1 N–H and O–H groups in total. The monoisotopic (exact) mass is 295 g/mol. The molecule has 4 nitrogen and oxygen atoms in total. The van der Waals surface area contributed by atoms with Crippen molar-refractivity contribution in [2.75, 3.05) is 5.32 Å². The highest BCUT2D eigenvalue weighted by Gasteiger charge is 2.13. The molecule has 0 aliphatic heterocycles. The number of hydrogen-bond donors (Lipinski definition) is 1. The van der Waals surface area contributed by atoms with Crippen molar-refractivity contribution < 1.29 is 4.79 Å². The van der Waals surface area contributed by atoms with Gasteiger partial charge in [-0.3, -0.25) is 4.79 Å². The lowest BCUT2D eigenvalue weighted by molar-refractivity contribution is 0.102. The predicted molar refractivity (Wildman–Crippen MR) is 75.8 cm³/mol. The largest absolute Gasteiger partial charge is 0.317 e. The molecule has 0 spiro atoms. The van der Waals surface area contributed by atoms with E-state index in [1.54, 1.807) is 12.1 Å². The van der Waals surface area contributed by atoms with Gasteiger partial charge in [-0.2, -0.15) is 0 Å². The van der Waals surface area contributed by atoms with Gasteiger partial charge in [0.25, 0.3) is 5.91 Å². The Morgan fingerprint density at radius 1 is 1.16 bits per heavy atom. The quantitative estimate of drug-likeness (QED) is 0.880. The highest BCUT2D eigenvalue weighted by Crippen LogP contribution is 2.26. The van der Waals surface area contributed by atoms with Gasteiger partial charge >= 0.3 is 0 Å². The number of benzene rings is 1. The summed E-state index contributed by atoms with van der Waals surface area (Å²) in [4.78, 5) is 19.6. The van der Waals surface area contributed by atoms with E-state index in [9.17, 15) is 4.79 Å². The summed E-state index contributed by atoms with van der Waals surface area (Å²) in [5, 5.41) is 2.82. The van der Waals surface area contributed by atoms with E-state index in [-0.39, 0.29) is 21.9 Å². The van der Waals surface area contributed by atoms with Crippen molar-refractivity contribution in [2.45, 2.75) is 13.3 Å². The second-order valence-electron chi connectivity index (χ2n) is 3.83. The molecule has 98 valence electrons. The minimum atomic E-state index is -0.304. The molecule has 0 atom stereocenters. The summed E-state index contributed by atoms with van der Waals surface area (Å²) in [5.41, 5.74) is 1.90. The standard InChI is InChI=1S/C13H11Cl2N3O/c1-2-8-3-5-9(6-4-8)13(19)18-10-11(14)16-7-17-12(10)15/h3-7H,2H2,1H3,(H,18,19). The van der Waals surface area contributed by atoms with E-state index in [2.05, 4.69) is 22.2 Å². The molecule has 0 bridgehead atoms. The van der Waals surface area contributed by atoms with E-state index in [1.165, 1.54) is 6.33 Å². The van der Waals surface area contributed by atoms with Crippen molar-refractivity contribution in [3.05, 3.63) is 52.0 Å². The van der Waals surface area contributed by atoms with Crippen molar-refractivity contribution in [1.29, 1.82) is 0 Å². The molecule has 0 unspecified atom stereocenters. The smallest absolute Gasteiger partial charge is 0.255 e. The maximum atomic E-state index is 12.0. The number of carbonyl (C=O) groups is 1. The zero-order valence-corrected chi connectivity index (χ0v) is 11.7. The highest BCUT2D eigenvalue weighted by atomic mass is 35.5. The number of hydrogen-bond acceptors (Lipinski definition) is 3. The van der Waals surface area contributed by atoms with Gasteiger partial charge in [0.05, 0.1) is 0 Å². The Kier molecular flexibility index (Phi) is 4.35. The summed E-state index contributed by atoms with van der Waals surface area (Å²) in [6.07, 6.45) is 2.16. The number of anilines is 1. The molecule has 0 fully saturated rings. The summed E-state index contributed by atoms with van der Waals surface area (Å²) in [6.45, 7) is 2.05. The molecule has 1 aromatic heterocycles. The number of amides is 1. The van der Waals surface area contributed by atoms with Gasteiger partial charge in [0.15, 0.2) is 10.3 Å². The van der Waals surface area contributed by atoms with Crippen LogP contribution in [-0.2, 0) is 6.42 Å². The molecule has 0 aliphatic rings. The number of nitrogens with zero attached hydrogens (tertiary/aromatic N) is 2. The van der Waals surface area contributed by atoms with Crippen molar-refractivity contribution >= 4 is 34.8 Å². The van der Waals surface area contributed by atoms with E-state index in [1.807, 2.05) is 12.1 Å². The van der Waals surface area contributed by atoms with Crippen molar-refractivity contribution in [2.24, 2.45) is 0 Å². The topological polar surface area (TPSA) is 54.9 Å². The summed E-state index contributed by atoms with van der Waals surface area (Å²) in [6, 6.07) is 7.30. The lowest BCUT2D eigenvalue weighted by atomic mass is 10.1. The molecule has 0 saturated heterocycles. The van der Waals surface area contributed by atoms with E-state index in [0.717, 1.165) is 12.0 Å². The Morgan fingerprint density at radius 3 is 2.26 bits per heavy atom. The average molecular weight is 296 g/mol. The number of aryl methyl sites for hydroxylation is 1. The third kappa shape index (κ3) is 3.22. The molecular weight excluding hydrogens is 285 g/mol. The van der Waals surface area contributed by atoms with E-state index in [0.29, 0.717) is 5.56 Å². The van der Waals surface area contributed by atoms with Crippen LogP contribution in [0.1, 0.15) is 22.8 Å². The van der Waals surface area contributed by atoms with Gasteiger partial charge in [0, 0.05) is 5.56 Å². The third-order valence-electron chi connectivity index (χ3n) is 2.62. The van der Waals surface area contributed by atoms with Crippen LogP contribution in [0.4, 0.5) is 5.69 Å². The first-order valence-electron chi connectivity index (χ1n) is 5.68. The number of nitrogens with one attached hydrogen (secondary N) is 1. The maximum Gasteiger partial charge on any atom is 0.255 e. The van der Waals surface area contributed by atoms with Crippen LogP contribution in [0, 0.1) is 0 Å². The molecule has 2 rings (SSSR count). The summed E-state index contributed by atoms with van der Waals surface area (Å²) >= 11 is 11.7. The molecule has 1 heterocycles. The van der Waals surface area contributed by atoms with Gasteiger partial charge in [0.2, 0.25) is 0 Å². The highest BCUT2D eigenvalue weighted by molar-refractivity contribution is 6.38. The zero-order valence-electron chi connectivity index (χ0n) is 10.2. The summed E-state index contributed by atoms with van der Waals surface area (Å²) in [7, 11) is 0. The van der Waals surface area contributed by atoms with Crippen molar-refractivity contribution in [3.8, 4) is 0 Å². The summed E-state index contributed by atoms with van der Waals surface area (Å²) in [5.74, 6) is -0.304. The van der Waals surface area contributed by atoms with Crippen LogP contribution in [0.25, 0.3) is 0 Å². The van der Waals surface area contributed by atoms with Gasteiger partial charge in [0.1, 0.15) is 12.0 Å². The first kappa shape index (κ1) is 13.8. The summed E-state index contributed by atoms with van der Waals surface area (Å²) < 4.78 is 0. The van der Waals surface area contributed by atoms with Crippen LogP contribution in [0.5, 0.6) is 0 Å². The van der Waals surface area contributed by atoms with Gasteiger partial charge in [-0.25, -0.2) is 9.97 Å². The van der Waals surface area contributed by atoms with Crippen LogP contribution in [0.3, 0.4) is 0 Å². The lowest BCUT2D eigenvalue weighted by Gasteiger charge is -2.08. The molecule has 19 heavy (non-hydrogen) atoms. The fourth-order valence-electron chi connectivity index (χ4n) is 1.53. The van der Waals surface area contributed by atoms with Crippen LogP contribution in [-0.4, -0.2) is 15.9 Å². The van der Waals surface area contributed by atoms with E-state index < -0.39 is 0 Å². The predicted octanol–water partition coefficient (Wildman–Crippen LogP) is 3.60. The Hall–Kier alpha value is -1.65. The molecule has 0 radical (unpaired) electrons. The van der Waals surface area contributed by atoms with Crippen molar-refractivity contribution in [1.82, 2.24) is 9.97 Å². The van der Waals surface area contributed by atoms with Crippen molar-refractivity contribution in [3.63, 3.8) is 0 Å². The Bertz CT molecular complexity index is 579. The number of carbonyl (C=O) groups excluding carboxylic acids is 1. The number of halogens is 2. The molecule has 6 heteroatoms. The van der Waals surface area contributed by atoms with E-state index in [4.69, 9.17) is 23.2 Å². The minimum absolute atomic E-state index is 0.110. The first-order chi connectivity index (χ1) is 9.11. The van der Waals surface area contributed by atoms with Crippen LogP contribution >= 0.6 is 23.2 Å². The molecule has 2 aromatic rings. The van der Waals surface area contributed by atoms with Gasteiger partial charge in [-0.1, -0.05) is 42.3 Å².